The molecule has 1 N–H and O–H groups in total. The van der Waals surface area contributed by atoms with Crippen molar-refractivity contribution in [2.75, 3.05) is 0 Å². The van der Waals surface area contributed by atoms with Gasteiger partial charge in [-0.3, -0.25) is 4.79 Å². The highest BCUT2D eigenvalue weighted by molar-refractivity contribution is 5.80. The van der Waals surface area contributed by atoms with Crippen molar-refractivity contribution >= 4 is 5.91 Å². The van der Waals surface area contributed by atoms with Crippen LogP contribution in [0.25, 0.3) is 0 Å². The molecule has 0 saturated carbocycles. The molecule has 0 aliphatic rings. The van der Waals surface area contributed by atoms with Gasteiger partial charge in [-0.25, -0.2) is 0 Å². The lowest BCUT2D eigenvalue weighted by Gasteiger charge is -2.18. The fourth-order valence-corrected chi connectivity index (χ4v) is 1.74. The summed E-state index contributed by atoms with van der Waals surface area (Å²) in [6, 6.07) is 7.91. The maximum absolute atomic E-state index is 11.9. The first-order valence-corrected chi connectivity index (χ1v) is 6.56. The summed E-state index contributed by atoms with van der Waals surface area (Å²) in [5, 5.41) is 2.95. The molecular weight excluding hydrogens is 226 g/mol. The van der Waals surface area contributed by atoms with Crippen LogP contribution in [-0.2, 0) is 4.79 Å². The predicted octanol–water partition coefficient (Wildman–Crippen LogP) is 3.07. The molecule has 100 valence electrons. The molecule has 1 rings (SSSR count). The second kappa shape index (κ2) is 7.04. The lowest BCUT2D eigenvalue weighted by molar-refractivity contribution is -0.127. The Bertz CT molecular complexity index is 373. The fourth-order valence-electron chi connectivity index (χ4n) is 1.74. The van der Waals surface area contributed by atoms with E-state index in [0.717, 1.165) is 18.6 Å². The third-order valence-electron chi connectivity index (χ3n) is 2.81. The SMILES string of the molecule is CCC[C@H](C)NC(=O)[C@@H](C)Oc1ccc(C)cc1. The van der Waals surface area contributed by atoms with Gasteiger partial charge in [-0.15, -0.1) is 0 Å². The van der Waals surface area contributed by atoms with Crippen LogP contribution in [0.2, 0.25) is 0 Å². The van der Waals surface area contributed by atoms with E-state index in [2.05, 4.69) is 12.2 Å². The van der Waals surface area contributed by atoms with Crippen LogP contribution in [0.4, 0.5) is 0 Å². The molecule has 3 nitrogen and oxygen atoms in total. The zero-order chi connectivity index (χ0) is 13.5. The Morgan fingerprint density at radius 2 is 1.89 bits per heavy atom. The van der Waals surface area contributed by atoms with Crippen molar-refractivity contribution < 1.29 is 9.53 Å². The quantitative estimate of drug-likeness (QED) is 0.841. The number of hydrogen-bond acceptors (Lipinski definition) is 2. The normalized spacial score (nSPS) is 13.8. The van der Waals surface area contributed by atoms with Crippen molar-refractivity contribution in [3.63, 3.8) is 0 Å². The van der Waals surface area contributed by atoms with Gasteiger partial charge >= 0.3 is 0 Å². The summed E-state index contributed by atoms with van der Waals surface area (Å²) >= 11 is 0. The van der Waals surface area contributed by atoms with E-state index in [4.69, 9.17) is 4.74 Å². The molecule has 0 fully saturated rings. The van der Waals surface area contributed by atoms with Crippen LogP contribution in [0.3, 0.4) is 0 Å². The van der Waals surface area contributed by atoms with Crippen LogP contribution in [0, 0.1) is 6.92 Å². The number of amides is 1. The van der Waals surface area contributed by atoms with Gasteiger partial charge in [-0.05, 0) is 39.3 Å². The molecule has 0 aromatic heterocycles. The molecule has 1 amide bonds. The maximum atomic E-state index is 11.9. The van der Waals surface area contributed by atoms with Gasteiger partial charge < -0.3 is 10.1 Å². The minimum atomic E-state index is -0.466. The van der Waals surface area contributed by atoms with E-state index in [-0.39, 0.29) is 11.9 Å². The third-order valence-corrected chi connectivity index (χ3v) is 2.81. The Morgan fingerprint density at radius 3 is 2.44 bits per heavy atom. The van der Waals surface area contributed by atoms with Gasteiger partial charge in [0.2, 0.25) is 0 Å². The molecule has 0 heterocycles. The van der Waals surface area contributed by atoms with Crippen molar-refractivity contribution in [3.8, 4) is 5.75 Å². The zero-order valence-electron chi connectivity index (χ0n) is 11.7. The summed E-state index contributed by atoms with van der Waals surface area (Å²) in [6.45, 7) is 7.91. The molecule has 1 aromatic rings. The largest absolute Gasteiger partial charge is 0.481 e. The summed E-state index contributed by atoms with van der Waals surface area (Å²) in [5.41, 5.74) is 1.18. The van der Waals surface area contributed by atoms with Crippen LogP contribution in [0.5, 0.6) is 5.75 Å². The van der Waals surface area contributed by atoms with Crippen LogP contribution in [0.1, 0.15) is 39.2 Å². The Labute approximate surface area is 110 Å². The number of rotatable bonds is 6. The van der Waals surface area contributed by atoms with E-state index < -0.39 is 6.10 Å². The van der Waals surface area contributed by atoms with E-state index in [9.17, 15) is 4.79 Å². The van der Waals surface area contributed by atoms with Crippen LogP contribution >= 0.6 is 0 Å². The Hall–Kier alpha value is -1.51. The van der Waals surface area contributed by atoms with Gasteiger partial charge in [0.05, 0.1) is 0 Å². The minimum Gasteiger partial charge on any atom is -0.481 e. The number of aryl methyl sites for hydroxylation is 1. The Balaban J connectivity index is 2.46. The van der Waals surface area contributed by atoms with E-state index in [0.29, 0.717) is 0 Å². The topological polar surface area (TPSA) is 38.3 Å². The highest BCUT2D eigenvalue weighted by Crippen LogP contribution is 2.13. The summed E-state index contributed by atoms with van der Waals surface area (Å²) < 4.78 is 5.60. The first-order valence-electron chi connectivity index (χ1n) is 6.56. The number of nitrogens with one attached hydrogen (secondary N) is 1. The second-order valence-corrected chi connectivity index (χ2v) is 4.77. The van der Waals surface area contributed by atoms with Gasteiger partial charge in [0.1, 0.15) is 5.75 Å². The zero-order valence-corrected chi connectivity index (χ0v) is 11.7. The van der Waals surface area contributed by atoms with Crippen molar-refractivity contribution in [3.05, 3.63) is 29.8 Å². The van der Waals surface area contributed by atoms with Crippen LogP contribution < -0.4 is 10.1 Å². The maximum Gasteiger partial charge on any atom is 0.260 e. The summed E-state index contributed by atoms with van der Waals surface area (Å²) in [4.78, 5) is 11.9. The lowest BCUT2D eigenvalue weighted by atomic mass is 10.2. The summed E-state index contributed by atoms with van der Waals surface area (Å²) in [5.74, 6) is 0.669. The van der Waals surface area contributed by atoms with Crippen LogP contribution in [0.15, 0.2) is 24.3 Å². The summed E-state index contributed by atoms with van der Waals surface area (Å²) in [7, 11) is 0. The van der Waals surface area contributed by atoms with Gasteiger partial charge in [0.15, 0.2) is 6.10 Å². The number of carbonyl (C=O) groups is 1. The number of ether oxygens (including phenoxy) is 1. The molecule has 0 saturated heterocycles. The van der Waals surface area contributed by atoms with Gasteiger partial charge in [0.25, 0.3) is 5.91 Å². The first-order chi connectivity index (χ1) is 8.52. The van der Waals surface area contributed by atoms with Crippen LogP contribution in [-0.4, -0.2) is 18.1 Å². The molecule has 1 aromatic carbocycles. The second-order valence-electron chi connectivity index (χ2n) is 4.77. The highest BCUT2D eigenvalue weighted by Gasteiger charge is 2.16. The average molecular weight is 249 g/mol. The van der Waals surface area contributed by atoms with Gasteiger partial charge in [0, 0.05) is 6.04 Å². The van der Waals surface area contributed by atoms with Gasteiger partial charge in [-0.2, -0.15) is 0 Å². The molecule has 0 spiro atoms. The van der Waals surface area contributed by atoms with Crippen molar-refractivity contribution in [1.29, 1.82) is 0 Å². The summed E-state index contributed by atoms with van der Waals surface area (Å²) in [6.07, 6.45) is 1.59. The Morgan fingerprint density at radius 1 is 1.28 bits per heavy atom. The first kappa shape index (κ1) is 14.6. The molecular formula is C15H23NO2. The number of hydrogen-bond donors (Lipinski definition) is 1. The molecule has 0 aliphatic heterocycles. The molecule has 0 radical (unpaired) electrons. The number of carbonyl (C=O) groups excluding carboxylic acids is 1. The third kappa shape index (κ3) is 4.78. The standard InChI is InChI=1S/C15H23NO2/c1-5-6-12(3)16-15(17)13(4)18-14-9-7-11(2)8-10-14/h7-10,12-13H,5-6H2,1-4H3,(H,16,17)/t12-,13+/m0/s1. The molecule has 0 bridgehead atoms. The Kier molecular flexibility index (Phi) is 5.69. The molecule has 18 heavy (non-hydrogen) atoms. The fraction of sp³-hybridized carbons (Fsp3) is 0.533. The molecule has 3 heteroatoms. The monoisotopic (exact) mass is 249 g/mol. The van der Waals surface area contributed by atoms with E-state index in [1.165, 1.54) is 5.56 Å². The smallest absolute Gasteiger partial charge is 0.260 e. The van der Waals surface area contributed by atoms with Crippen molar-refractivity contribution in [1.82, 2.24) is 5.32 Å². The average Bonchev–Trinajstić information content (AvgIpc) is 2.32. The minimum absolute atomic E-state index is 0.0588. The molecule has 0 unspecified atom stereocenters. The van der Waals surface area contributed by atoms with E-state index in [1.807, 2.05) is 38.1 Å². The van der Waals surface area contributed by atoms with E-state index in [1.54, 1.807) is 6.92 Å². The van der Waals surface area contributed by atoms with Gasteiger partial charge in [-0.1, -0.05) is 31.0 Å². The van der Waals surface area contributed by atoms with Crippen molar-refractivity contribution in [2.24, 2.45) is 0 Å². The molecule has 2 atom stereocenters. The predicted molar refractivity (Wildman–Crippen MR) is 73.8 cm³/mol. The lowest BCUT2D eigenvalue weighted by Crippen LogP contribution is -2.41. The van der Waals surface area contributed by atoms with E-state index >= 15 is 0 Å². The molecule has 0 aliphatic carbocycles. The van der Waals surface area contributed by atoms with Crippen molar-refractivity contribution in [2.45, 2.75) is 52.7 Å². The highest BCUT2D eigenvalue weighted by atomic mass is 16.5. The number of benzene rings is 1.